The Labute approximate surface area is 56.2 Å². The molecule has 9 heavy (non-hydrogen) atoms. The summed E-state index contributed by atoms with van der Waals surface area (Å²) < 4.78 is 1.90. The van der Waals surface area contributed by atoms with Crippen LogP contribution in [0.15, 0.2) is 18.5 Å². The maximum absolute atomic E-state index is 4.03. The normalized spacial score (nSPS) is 9.89. The fourth-order valence-corrected chi connectivity index (χ4v) is 0.659. The summed E-state index contributed by atoms with van der Waals surface area (Å²) in [5, 5.41) is 7.08. The van der Waals surface area contributed by atoms with Crippen molar-refractivity contribution in [2.75, 3.05) is 13.6 Å². The molecule has 3 nitrogen and oxygen atoms in total. The summed E-state index contributed by atoms with van der Waals surface area (Å²) in [5.41, 5.74) is 0. The van der Waals surface area contributed by atoms with Gasteiger partial charge in [-0.3, -0.25) is 4.68 Å². The molecule has 1 N–H and O–H groups in total. The topological polar surface area (TPSA) is 29.9 Å². The molecule has 3 heteroatoms. The van der Waals surface area contributed by atoms with Gasteiger partial charge in [0.05, 0.1) is 6.54 Å². The Kier molecular flexibility index (Phi) is 2.27. The fraction of sp³-hybridized carbons (Fsp3) is 0.500. The molecule has 0 amide bonds. The van der Waals surface area contributed by atoms with Crippen LogP contribution in [0.4, 0.5) is 0 Å². The molecule has 0 spiro atoms. The second kappa shape index (κ2) is 3.25. The van der Waals surface area contributed by atoms with Gasteiger partial charge in [-0.05, 0) is 13.1 Å². The monoisotopic (exact) mass is 127 g/mol. The first-order valence-corrected chi connectivity index (χ1v) is 3.05. The molecule has 0 fully saturated rings. The first-order chi connectivity index (χ1) is 4.43. The van der Waals surface area contributed by atoms with E-state index in [0.29, 0.717) is 0 Å². The molecule has 0 radical (unpaired) electrons. The second-order valence-corrected chi connectivity index (χ2v) is 1.87. The van der Waals surface area contributed by atoms with E-state index in [1.165, 1.54) is 0 Å². The summed E-state index contributed by atoms with van der Waals surface area (Å²) in [7, 11) is 1.93. The lowest BCUT2D eigenvalue weighted by Gasteiger charge is -1.97. The first kappa shape index (κ1) is 6.29. The molecule has 1 aromatic rings. The standard InChI is InChI=1S/C6H11N3.H2/c1-7-4-6-9-5-2-3-8-9;/h2-3,5,7H,4,6H2,1H3;1H. The van der Waals surface area contributed by atoms with E-state index in [2.05, 4.69) is 10.4 Å². The van der Waals surface area contributed by atoms with Gasteiger partial charge in [-0.15, -0.1) is 0 Å². The minimum absolute atomic E-state index is 0. The fourth-order valence-electron chi connectivity index (χ4n) is 0.659. The maximum atomic E-state index is 4.03. The number of likely N-dealkylation sites (N-methyl/N-ethyl adjacent to an activating group) is 1. The van der Waals surface area contributed by atoms with Crippen molar-refractivity contribution in [3.05, 3.63) is 18.5 Å². The van der Waals surface area contributed by atoms with E-state index in [0.717, 1.165) is 13.1 Å². The first-order valence-electron chi connectivity index (χ1n) is 3.05. The quantitative estimate of drug-likeness (QED) is 0.635. The summed E-state index contributed by atoms with van der Waals surface area (Å²) >= 11 is 0. The number of hydrogen-bond donors (Lipinski definition) is 1. The predicted octanol–water partition coefficient (Wildman–Crippen LogP) is 0.348. The molecule has 0 saturated heterocycles. The van der Waals surface area contributed by atoms with E-state index < -0.39 is 0 Å². The largest absolute Gasteiger partial charge is 0.318 e. The van der Waals surface area contributed by atoms with Gasteiger partial charge in [0.2, 0.25) is 0 Å². The van der Waals surface area contributed by atoms with Crippen molar-refractivity contribution in [1.29, 1.82) is 0 Å². The van der Waals surface area contributed by atoms with Crippen LogP contribution in [0.5, 0.6) is 0 Å². The van der Waals surface area contributed by atoms with Gasteiger partial charge in [0.15, 0.2) is 0 Å². The van der Waals surface area contributed by atoms with Crippen LogP contribution in [0.3, 0.4) is 0 Å². The Morgan fingerprint density at radius 3 is 3.22 bits per heavy atom. The van der Waals surface area contributed by atoms with Crippen molar-refractivity contribution >= 4 is 0 Å². The van der Waals surface area contributed by atoms with E-state index in [9.17, 15) is 0 Å². The van der Waals surface area contributed by atoms with E-state index in [4.69, 9.17) is 0 Å². The van der Waals surface area contributed by atoms with Crippen LogP contribution < -0.4 is 5.32 Å². The van der Waals surface area contributed by atoms with Gasteiger partial charge in [-0.25, -0.2) is 0 Å². The van der Waals surface area contributed by atoms with Crippen molar-refractivity contribution in [2.24, 2.45) is 0 Å². The van der Waals surface area contributed by atoms with Gasteiger partial charge in [0.25, 0.3) is 0 Å². The highest BCUT2D eigenvalue weighted by atomic mass is 15.3. The summed E-state index contributed by atoms with van der Waals surface area (Å²) in [6.45, 7) is 1.92. The number of nitrogens with one attached hydrogen (secondary N) is 1. The van der Waals surface area contributed by atoms with Gasteiger partial charge in [-0.1, -0.05) is 0 Å². The minimum atomic E-state index is 0. The Balaban J connectivity index is 0.000000810. The molecule has 0 aromatic carbocycles. The Morgan fingerprint density at radius 2 is 2.67 bits per heavy atom. The zero-order chi connectivity index (χ0) is 6.53. The molecular formula is C6H13N3. The molecule has 1 aromatic heterocycles. The third kappa shape index (κ3) is 1.85. The zero-order valence-corrected chi connectivity index (χ0v) is 5.54. The van der Waals surface area contributed by atoms with Gasteiger partial charge in [0, 0.05) is 20.4 Å². The van der Waals surface area contributed by atoms with Gasteiger partial charge in [0.1, 0.15) is 0 Å². The molecule has 0 aliphatic heterocycles. The summed E-state index contributed by atoms with van der Waals surface area (Å²) in [4.78, 5) is 0. The summed E-state index contributed by atoms with van der Waals surface area (Å²) in [6, 6.07) is 1.93. The van der Waals surface area contributed by atoms with Crippen LogP contribution >= 0.6 is 0 Å². The lowest BCUT2D eigenvalue weighted by atomic mass is 10.6. The summed E-state index contributed by atoms with van der Waals surface area (Å²) in [6.07, 6.45) is 3.74. The number of hydrogen-bond acceptors (Lipinski definition) is 2. The number of rotatable bonds is 3. The average Bonchev–Trinajstić information content (AvgIpc) is 2.34. The molecule has 1 rings (SSSR count). The van der Waals surface area contributed by atoms with Crippen molar-refractivity contribution in [3.8, 4) is 0 Å². The predicted molar refractivity (Wildman–Crippen MR) is 38.3 cm³/mol. The average molecular weight is 127 g/mol. The van der Waals surface area contributed by atoms with Gasteiger partial charge < -0.3 is 5.32 Å². The minimum Gasteiger partial charge on any atom is -0.318 e. The smallest absolute Gasteiger partial charge is 0.0533 e. The third-order valence-corrected chi connectivity index (χ3v) is 1.15. The number of nitrogens with zero attached hydrogens (tertiary/aromatic N) is 2. The van der Waals surface area contributed by atoms with Crippen LogP contribution in [0.1, 0.15) is 1.43 Å². The van der Waals surface area contributed by atoms with Crippen LogP contribution in [0.2, 0.25) is 0 Å². The van der Waals surface area contributed by atoms with Crippen molar-refractivity contribution < 1.29 is 1.43 Å². The second-order valence-electron chi connectivity index (χ2n) is 1.87. The lowest BCUT2D eigenvalue weighted by Crippen LogP contribution is -2.14. The maximum Gasteiger partial charge on any atom is 0.0533 e. The molecule has 52 valence electrons. The Bertz CT molecular complexity index is 150. The summed E-state index contributed by atoms with van der Waals surface area (Å²) in [5.74, 6) is 0. The molecule has 0 bridgehead atoms. The molecule has 0 unspecified atom stereocenters. The van der Waals surface area contributed by atoms with Crippen molar-refractivity contribution in [3.63, 3.8) is 0 Å². The lowest BCUT2D eigenvalue weighted by molar-refractivity contribution is 0.585. The highest BCUT2D eigenvalue weighted by Crippen LogP contribution is 1.80. The molecule has 0 aliphatic carbocycles. The van der Waals surface area contributed by atoms with Gasteiger partial charge >= 0.3 is 0 Å². The molecule has 0 atom stereocenters. The molecule has 1 heterocycles. The van der Waals surface area contributed by atoms with Crippen LogP contribution in [0.25, 0.3) is 0 Å². The highest BCUT2D eigenvalue weighted by Gasteiger charge is 1.84. The van der Waals surface area contributed by atoms with Crippen molar-refractivity contribution in [2.45, 2.75) is 6.54 Å². The van der Waals surface area contributed by atoms with E-state index in [1.807, 2.05) is 24.0 Å². The van der Waals surface area contributed by atoms with Crippen LogP contribution in [-0.4, -0.2) is 23.4 Å². The number of aromatic nitrogens is 2. The zero-order valence-electron chi connectivity index (χ0n) is 5.54. The van der Waals surface area contributed by atoms with Crippen LogP contribution in [0, 0.1) is 0 Å². The van der Waals surface area contributed by atoms with Gasteiger partial charge in [-0.2, -0.15) is 5.10 Å². The third-order valence-electron chi connectivity index (χ3n) is 1.15. The Morgan fingerprint density at radius 1 is 1.78 bits per heavy atom. The van der Waals surface area contributed by atoms with E-state index >= 15 is 0 Å². The highest BCUT2D eigenvalue weighted by molar-refractivity contribution is 4.77. The molecular weight excluding hydrogens is 114 g/mol. The molecule has 0 saturated carbocycles. The van der Waals surface area contributed by atoms with Crippen LogP contribution in [-0.2, 0) is 6.54 Å². The molecule has 0 aliphatic rings. The van der Waals surface area contributed by atoms with E-state index in [-0.39, 0.29) is 1.43 Å². The SMILES string of the molecule is CNCCn1cccn1.[HH]. The Hall–Kier alpha value is -0.830. The van der Waals surface area contributed by atoms with E-state index in [1.54, 1.807) is 6.20 Å². The van der Waals surface area contributed by atoms with Crippen molar-refractivity contribution in [1.82, 2.24) is 15.1 Å².